The van der Waals surface area contributed by atoms with E-state index in [1.54, 1.807) is 0 Å². The number of H-pyrrole nitrogens is 1. The normalized spacial score (nSPS) is 11.8. The van der Waals surface area contributed by atoms with Crippen LogP contribution in [0.25, 0.3) is 33.7 Å². The number of benzene rings is 4. The van der Waals surface area contributed by atoms with E-state index in [2.05, 4.69) is 142 Å². The van der Waals surface area contributed by atoms with Crippen LogP contribution >= 0.6 is 0 Å². The van der Waals surface area contributed by atoms with E-state index < -0.39 is 0 Å². The number of hydrogen-bond acceptors (Lipinski definition) is 1. The molecule has 0 atom stereocenters. The van der Waals surface area contributed by atoms with Crippen molar-refractivity contribution in [3.05, 3.63) is 139 Å². The van der Waals surface area contributed by atoms with E-state index in [1.807, 2.05) is 19.1 Å². The average molecular weight is 466 g/mol. The Morgan fingerprint density at radius 2 is 1.31 bits per heavy atom. The second kappa shape index (κ2) is 9.47. The molecular formula is C33H27N3. The van der Waals surface area contributed by atoms with Crippen LogP contribution in [0.4, 0.5) is 17.1 Å². The highest BCUT2D eigenvalue weighted by atomic mass is 15.1. The Bertz CT molecular complexity index is 1650. The quantitative estimate of drug-likeness (QED) is 0.244. The average Bonchev–Trinajstić information content (AvgIpc) is 3.47. The Balaban J connectivity index is 1.54. The standard InChI is InChI=1S/C33H27N3/c1-2-3-6-14-25-23-31-30-21-11-12-22-32(30)36(33(31)34-25)29-20-13-19-28(24-29)35(26-15-7-4-8-16-26)27-17-9-5-10-18-27/h2-24,34H,1H3/b3-2-,14-6-. The first-order valence-corrected chi connectivity index (χ1v) is 12.3. The highest BCUT2D eigenvalue weighted by Gasteiger charge is 2.17. The lowest BCUT2D eigenvalue weighted by Crippen LogP contribution is -2.10. The van der Waals surface area contributed by atoms with E-state index >= 15 is 0 Å². The van der Waals surface area contributed by atoms with Gasteiger partial charge in [-0.1, -0.05) is 78.9 Å². The van der Waals surface area contributed by atoms with Crippen molar-refractivity contribution in [2.75, 3.05) is 4.90 Å². The molecule has 174 valence electrons. The summed E-state index contributed by atoms with van der Waals surface area (Å²) < 4.78 is 2.33. The van der Waals surface area contributed by atoms with Crippen LogP contribution in [0.1, 0.15) is 12.6 Å². The predicted molar refractivity (Wildman–Crippen MR) is 154 cm³/mol. The van der Waals surface area contributed by atoms with Crippen LogP contribution in [0.15, 0.2) is 133 Å². The Labute approximate surface area is 211 Å². The highest BCUT2D eigenvalue weighted by molar-refractivity contribution is 6.09. The van der Waals surface area contributed by atoms with Gasteiger partial charge in [-0.25, -0.2) is 0 Å². The summed E-state index contributed by atoms with van der Waals surface area (Å²) in [5.41, 5.74) is 7.84. The highest BCUT2D eigenvalue weighted by Crippen LogP contribution is 2.37. The predicted octanol–water partition coefficient (Wildman–Crippen LogP) is 9.17. The summed E-state index contributed by atoms with van der Waals surface area (Å²) in [7, 11) is 0. The Morgan fingerprint density at radius 1 is 0.639 bits per heavy atom. The number of nitrogens with zero attached hydrogens (tertiary/aromatic N) is 2. The van der Waals surface area contributed by atoms with Gasteiger partial charge in [0.2, 0.25) is 0 Å². The minimum Gasteiger partial charge on any atom is -0.341 e. The molecule has 0 aliphatic carbocycles. The van der Waals surface area contributed by atoms with Gasteiger partial charge in [0.25, 0.3) is 0 Å². The number of para-hydroxylation sites is 3. The summed E-state index contributed by atoms with van der Waals surface area (Å²) in [6.45, 7) is 2.03. The van der Waals surface area contributed by atoms with Crippen molar-refractivity contribution >= 4 is 45.1 Å². The van der Waals surface area contributed by atoms with E-state index in [9.17, 15) is 0 Å². The van der Waals surface area contributed by atoms with Crippen LogP contribution in [-0.2, 0) is 0 Å². The summed E-state index contributed by atoms with van der Waals surface area (Å²) in [6, 6.07) is 40.6. The van der Waals surface area contributed by atoms with Gasteiger partial charge in [0.15, 0.2) is 0 Å². The van der Waals surface area contributed by atoms with E-state index in [0.29, 0.717) is 0 Å². The molecule has 6 aromatic rings. The number of anilines is 3. The fourth-order valence-electron chi connectivity index (χ4n) is 4.86. The second-order valence-electron chi connectivity index (χ2n) is 8.75. The van der Waals surface area contributed by atoms with Crippen LogP contribution in [-0.4, -0.2) is 9.55 Å². The van der Waals surface area contributed by atoms with Crippen LogP contribution in [0.5, 0.6) is 0 Å². The van der Waals surface area contributed by atoms with Crippen LogP contribution in [0.3, 0.4) is 0 Å². The number of allylic oxidation sites excluding steroid dienone is 3. The lowest BCUT2D eigenvalue weighted by Gasteiger charge is -2.26. The molecule has 36 heavy (non-hydrogen) atoms. The zero-order chi connectivity index (χ0) is 24.3. The van der Waals surface area contributed by atoms with Crippen LogP contribution in [0.2, 0.25) is 0 Å². The monoisotopic (exact) mass is 465 g/mol. The molecule has 3 nitrogen and oxygen atoms in total. The van der Waals surface area contributed by atoms with E-state index in [0.717, 1.165) is 34.1 Å². The van der Waals surface area contributed by atoms with Gasteiger partial charge >= 0.3 is 0 Å². The number of fused-ring (bicyclic) bond motifs is 3. The second-order valence-corrected chi connectivity index (χ2v) is 8.75. The molecule has 1 N–H and O–H groups in total. The van der Waals surface area contributed by atoms with Gasteiger partial charge in [-0.15, -0.1) is 0 Å². The molecule has 0 radical (unpaired) electrons. The van der Waals surface area contributed by atoms with Crippen molar-refractivity contribution in [2.45, 2.75) is 6.92 Å². The largest absolute Gasteiger partial charge is 0.341 e. The summed E-state index contributed by atoms with van der Waals surface area (Å²) >= 11 is 0. The molecule has 0 spiro atoms. The summed E-state index contributed by atoms with van der Waals surface area (Å²) in [5, 5.41) is 2.46. The van der Waals surface area contributed by atoms with Crippen molar-refractivity contribution in [3.63, 3.8) is 0 Å². The van der Waals surface area contributed by atoms with Gasteiger partial charge < -0.3 is 9.88 Å². The van der Waals surface area contributed by atoms with Gasteiger partial charge in [-0.3, -0.25) is 4.57 Å². The minimum absolute atomic E-state index is 1.09. The molecule has 3 heteroatoms. The Morgan fingerprint density at radius 3 is 2.03 bits per heavy atom. The third-order valence-electron chi connectivity index (χ3n) is 6.43. The van der Waals surface area contributed by atoms with Gasteiger partial charge in [-0.05, 0) is 67.6 Å². The molecule has 4 aromatic carbocycles. The van der Waals surface area contributed by atoms with Crippen molar-refractivity contribution in [3.8, 4) is 5.69 Å². The van der Waals surface area contributed by atoms with Crippen molar-refractivity contribution in [1.82, 2.24) is 9.55 Å². The Kier molecular flexibility index (Phi) is 5.72. The molecule has 0 fully saturated rings. The van der Waals surface area contributed by atoms with Crippen LogP contribution < -0.4 is 4.90 Å². The molecule has 0 saturated heterocycles. The fourth-order valence-corrected chi connectivity index (χ4v) is 4.86. The smallest absolute Gasteiger partial charge is 0.123 e. The lowest BCUT2D eigenvalue weighted by molar-refractivity contribution is 1.13. The molecular weight excluding hydrogens is 438 g/mol. The molecule has 0 bridgehead atoms. The molecule has 2 heterocycles. The maximum atomic E-state index is 3.65. The first-order chi connectivity index (χ1) is 17.8. The molecule has 2 aromatic heterocycles. The minimum atomic E-state index is 1.09. The number of nitrogens with one attached hydrogen (secondary N) is 1. The molecule has 0 unspecified atom stereocenters. The van der Waals surface area contributed by atoms with Gasteiger partial charge in [0.1, 0.15) is 5.65 Å². The lowest BCUT2D eigenvalue weighted by atomic mass is 10.1. The molecule has 0 saturated carbocycles. The number of aromatic amines is 1. The van der Waals surface area contributed by atoms with Gasteiger partial charge in [0.05, 0.1) is 5.52 Å². The fraction of sp³-hybridized carbons (Fsp3) is 0.0303. The third kappa shape index (κ3) is 3.91. The Hall–Kier alpha value is -4.76. The molecule has 0 aliphatic heterocycles. The van der Waals surface area contributed by atoms with E-state index in [1.165, 1.54) is 16.3 Å². The first kappa shape index (κ1) is 21.8. The maximum Gasteiger partial charge on any atom is 0.123 e. The molecule has 0 amide bonds. The number of rotatable bonds is 6. The van der Waals surface area contributed by atoms with E-state index in [-0.39, 0.29) is 0 Å². The van der Waals surface area contributed by atoms with Crippen molar-refractivity contribution < 1.29 is 0 Å². The third-order valence-corrected chi connectivity index (χ3v) is 6.43. The summed E-state index contributed by atoms with van der Waals surface area (Å²) in [4.78, 5) is 5.95. The van der Waals surface area contributed by atoms with Gasteiger partial charge in [0, 0.05) is 39.2 Å². The topological polar surface area (TPSA) is 24.0 Å². The number of aromatic nitrogens is 2. The van der Waals surface area contributed by atoms with E-state index in [4.69, 9.17) is 0 Å². The van der Waals surface area contributed by atoms with Crippen molar-refractivity contribution in [1.29, 1.82) is 0 Å². The molecule has 0 aliphatic rings. The summed E-state index contributed by atoms with van der Waals surface area (Å²) in [5.74, 6) is 0. The van der Waals surface area contributed by atoms with Crippen LogP contribution in [0, 0.1) is 0 Å². The van der Waals surface area contributed by atoms with Crippen molar-refractivity contribution in [2.24, 2.45) is 0 Å². The van der Waals surface area contributed by atoms with Gasteiger partial charge in [-0.2, -0.15) is 0 Å². The zero-order valence-electron chi connectivity index (χ0n) is 20.2. The summed E-state index contributed by atoms with van der Waals surface area (Å²) in [6.07, 6.45) is 8.26. The molecule has 6 rings (SSSR count). The SMILES string of the molecule is C/C=C\C=C/c1cc2c3ccccc3n(-c3cccc(N(c4ccccc4)c4ccccc4)c3)c2[nH]1. The maximum absolute atomic E-state index is 3.65. The zero-order valence-corrected chi connectivity index (χ0v) is 20.2. The number of hydrogen-bond donors (Lipinski definition) is 1. The first-order valence-electron chi connectivity index (χ1n) is 12.3.